The minimum Gasteiger partial charge on any atom is -0.397 e. The molecule has 0 radical (unpaired) electrons. The van der Waals surface area contributed by atoms with Crippen LogP contribution >= 0.6 is 15.9 Å². The fourth-order valence-electron chi connectivity index (χ4n) is 2.12. The number of hydrogen-bond acceptors (Lipinski definition) is 4. The number of aliphatic hydroxyl groups is 1. The maximum absolute atomic E-state index is 9.99. The standard InChI is InChI=1S/C12H18BrN3O/c1-16-5-4-11(12(17)7-16)15-10-3-2-8(13)6-9(10)14/h2-3,6,11-12,15,17H,4-5,7,14H2,1H3. The molecule has 1 aliphatic heterocycles. The number of aliphatic hydroxyl groups excluding tert-OH is 1. The first-order valence-electron chi connectivity index (χ1n) is 5.74. The van der Waals surface area contributed by atoms with Crippen LogP contribution in [0.2, 0.25) is 0 Å². The third-order valence-corrected chi connectivity index (χ3v) is 3.63. The minimum absolute atomic E-state index is 0.0784. The topological polar surface area (TPSA) is 61.5 Å². The molecule has 4 N–H and O–H groups in total. The number of anilines is 2. The Bertz CT molecular complexity index is 399. The monoisotopic (exact) mass is 299 g/mol. The predicted molar refractivity (Wildman–Crippen MR) is 74.1 cm³/mol. The molecule has 0 saturated carbocycles. The highest BCUT2D eigenvalue weighted by Gasteiger charge is 2.25. The second kappa shape index (κ2) is 5.25. The fraction of sp³-hybridized carbons (Fsp3) is 0.500. The van der Waals surface area contributed by atoms with Gasteiger partial charge in [-0.05, 0) is 38.2 Å². The number of nitrogen functional groups attached to an aromatic ring is 1. The van der Waals surface area contributed by atoms with Crippen LogP contribution in [0.5, 0.6) is 0 Å². The van der Waals surface area contributed by atoms with E-state index in [2.05, 4.69) is 26.1 Å². The van der Waals surface area contributed by atoms with E-state index in [1.807, 2.05) is 25.2 Å². The fourth-order valence-corrected chi connectivity index (χ4v) is 2.50. The molecule has 1 aromatic carbocycles. The maximum Gasteiger partial charge on any atom is 0.0868 e. The van der Waals surface area contributed by atoms with Gasteiger partial charge in [-0.25, -0.2) is 0 Å². The summed E-state index contributed by atoms with van der Waals surface area (Å²) in [7, 11) is 2.02. The van der Waals surface area contributed by atoms with Crippen molar-refractivity contribution in [1.29, 1.82) is 0 Å². The number of rotatable bonds is 2. The molecule has 0 aliphatic carbocycles. The predicted octanol–water partition coefficient (Wildman–Crippen LogP) is 1.51. The van der Waals surface area contributed by atoms with Gasteiger partial charge in [0.15, 0.2) is 0 Å². The van der Waals surface area contributed by atoms with Crippen LogP contribution in [0.4, 0.5) is 11.4 Å². The molecule has 0 amide bonds. The highest BCUT2D eigenvalue weighted by molar-refractivity contribution is 9.10. The smallest absolute Gasteiger partial charge is 0.0868 e. The number of nitrogens with two attached hydrogens (primary N) is 1. The Balaban J connectivity index is 2.05. The van der Waals surface area contributed by atoms with E-state index >= 15 is 0 Å². The van der Waals surface area contributed by atoms with E-state index in [1.165, 1.54) is 0 Å². The first-order chi connectivity index (χ1) is 8.06. The highest BCUT2D eigenvalue weighted by atomic mass is 79.9. The molecule has 94 valence electrons. The zero-order valence-electron chi connectivity index (χ0n) is 9.86. The lowest BCUT2D eigenvalue weighted by Gasteiger charge is -2.34. The summed E-state index contributed by atoms with van der Waals surface area (Å²) in [4.78, 5) is 2.13. The molecule has 1 heterocycles. The number of hydrogen-bond donors (Lipinski definition) is 3. The summed E-state index contributed by atoms with van der Waals surface area (Å²) in [5, 5.41) is 13.3. The lowest BCUT2D eigenvalue weighted by atomic mass is 10.0. The van der Waals surface area contributed by atoms with Crippen molar-refractivity contribution >= 4 is 27.3 Å². The van der Waals surface area contributed by atoms with Gasteiger partial charge in [-0.2, -0.15) is 0 Å². The van der Waals surface area contributed by atoms with Gasteiger partial charge in [0.2, 0.25) is 0 Å². The minimum atomic E-state index is -0.350. The molecule has 1 fully saturated rings. The van der Waals surface area contributed by atoms with Crippen LogP contribution in [-0.2, 0) is 0 Å². The summed E-state index contributed by atoms with van der Waals surface area (Å²) in [5.41, 5.74) is 7.52. The van der Waals surface area contributed by atoms with Gasteiger partial charge in [0, 0.05) is 11.0 Å². The van der Waals surface area contributed by atoms with E-state index in [0.29, 0.717) is 12.2 Å². The molecule has 4 nitrogen and oxygen atoms in total. The van der Waals surface area contributed by atoms with E-state index in [4.69, 9.17) is 5.73 Å². The second-order valence-corrected chi connectivity index (χ2v) is 5.52. The Morgan fingerprint density at radius 3 is 2.94 bits per heavy atom. The first kappa shape index (κ1) is 12.7. The van der Waals surface area contributed by atoms with Crippen molar-refractivity contribution in [1.82, 2.24) is 4.90 Å². The van der Waals surface area contributed by atoms with Crippen LogP contribution in [0.3, 0.4) is 0 Å². The number of nitrogens with zero attached hydrogens (tertiary/aromatic N) is 1. The summed E-state index contributed by atoms with van der Waals surface area (Å²) in [6, 6.07) is 5.82. The molecule has 0 aromatic heterocycles. The molecule has 17 heavy (non-hydrogen) atoms. The number of benzene rings is 1. The van der Waals surface area contributed by atoms with Crippen molar-refractivity contribution in [2.24, 2.45) is 0 Å². The van der Waals surface area contributed by atoms with Gasteiger partial charge < -0.3 is 21.1 Å². The molecule has 2 atom stereocenters. The van der Waals surface area contributed by atoms with Crippen LogP contribution in [0.1, 0.15) is 6.42 Å². The Labute approximate surface area is 110 Å². The summed E-state index contributed by atoms with van der Waals surface area (Å²) in [6.45, 7) is 1.69. The molecule has 2 rings (SSSR count). The Morgan fingerprint density at radius 1 is 1.53 bits per heavy atom. The van der Waals surface area contributed by atoms with Gasteiger partial charge in [0.1, 0.15) is 0 Å². The third kappa shape index (κ3) is 3.12. The van der Waals surface area contributed by atoms with Crippen LogP contribution in [0, 0.1) is 0 Å². The van der Waals surface area contributed by atoms with Gasteiger partial charge in [-0.3, -0.25) is 0 Å². The number of likely N-dealkylation sites (tertiary alicyclic amines) is 1. The van der Waals surface area contributed by atoms with Crippen LogP contribution in [0.25, 0.3) is 0 Å². The number of likely N-dealkylation sites (N-methyl/N-ethyl adjacent to an activating group) is 1. The van der Waals surface area contributed by atoms with Gasteiger partial charge in [-0.15, -0.1) is 0 Å². The number of β-amino-alcohol motifs (C(OH)–C–C–N with tert-alkyl or cyclic N) is 1. The lowest BCUT2D eigenvalue weighted by molar-refractivity contribution is 0.0729. The second-order valence-electron chi connectivity index (χ2n) is 4.60. The molecular weight excluding hydrogens is 282 g/mol. The van der Waals surface area contributed by atoms with E-state index in [0.717, 1.165) is 23.1 Å². The van der Waals surface area contributed by atoms with Crippen molar-refractivity contribution in [3.63, 3.8) is 0 Å². The van der Waals surface area contributed by atoms with E-state index < -0.39 is 0 Å². The maximum atomic E-state index is 9.99. The largest absolute Gasteiger partial charge is 0.397 e. The van der Waals surface area contributed by atoms with Crippen molar-refractivity contribution in [3.05, 3.63) is 22.7 Å². The number of halogens is 1. The Kier molecular flexibility index (Phi) is 3.91. The molecule has 5 heteroatoms. The number of nitrogens with one attached hydrogen (secondary N) is 1. The van der Waals surface area contributed by atoms with Crippen LogP contribution in [0.15, 0.2) is 22.7 Å². The average Bonchev–Trinajstić information content (AvgIpc) is 2.25. The van der Waals surface area contributed by atoms with Crippen molar-refractivity contribution in [3.8, 4) is 0 Å². The molecule has 1 aliphatic rings. The summed E-state index contributed by atoms with van der Waals surface area (Å²) >= 11 is 3.38. The molecular formula is C12H18BrN3O. The van der Waals surface area contributed by atoms with Crippen molar-refractivity contribution in [2.45, 2.75) is 18.6 Å². The summed E-state index contributed by atoms with van der Waals surface area (Å²) < 4.78 is 0.962. The molecule has 0 bridgehead atoms. The zero-order valence-corrected chi connectivity index (χ0v) is 11.4. The van der Waals surface area contributed by atoms with Gasteiger partial charge >= 0.3 is 0 Å². The zero-order chi connectivity index (χ0) is 12.4. The van der Waals surface area contributed by atoms with Crippen LogP contribution in [-0.4, -0.2) is 42.3 Å². The van der Waals surface area contributed by atoms with E-state index in [-0.39, 0.29) is 12.1 Å². The summed E-state index contributed by atoms with van der Waals surface area (Å²) in [6.07, 6.45) is 0.574. The molecule has 1 aromatic rings. The normalized spacial score (nSPS) is 25.8. The van der Waals surface area contributed by atoms with E-state index in [1.54, 1.807) is 0 Å². The van der Waals surface area contributed by atoms with E-state index in [9.17, 15) is 5.11 Å². The Hall–Kier alpha value is -0.780. The van der Waals surface area contributed by atoms with Crippen molar-refractivity contribution < 1.29 is 5.11 Å². The molecule has 1 saturated heterocycles. The SMILES string of the molecule is CN1CCC(Nc2ccc(Br)cc2N)C(O)C1. The molecule has 2 unspecified atom stereocenters. The number of piperidine rings is 1. The first-order valence-corrected chi connectivity index (χ1v) is 6.54. The highest BCUT2D eigenvalue weighted by Crippen LogP contribution is 2.25. The van der Waals surface area contributed by atoms with Gasteiger partial charge in [0.05, 0.1) is 23.5 Å². The van der Waals surface area contributed by atoms with Crippen molar-refractivity contribution in [2.75, 3.05) is 31.2 Å². The Morgan fingerprint density at radius 2 is 2.29 bits per heavy atom. The van der Waals surface area contributed by atoms with Gasteiger partial charge in [-0.1, -0.05) is 15.9 Å². The average molecular weight is 300 g/mol. The molecule has 0 spiro atoms. The summed E-state index contributed by atoms with van der Waals surface area (Å²) in [5.74, 6) is 0. The lowest BCUT2D eigenvalue weighted by Crippen LogP contribution is -2.48. The van der Waals surface area contributed by atoms with Gasteiger partial charge in [0.25, 0.3) is 0 Å². The quantitative estimate of drug-likeness (QED) is 0.725. The third-order valence-electron chi connectivity index (χ3n) is 3.14. The van der Waals surface area contributed by atoms with Crippen LogP contribution < -0.4 is 11.1 Å².